The number of halogens is 1. The lowest BCUT2D eigenvalue weighted by atomic mass is 10.0. The first-order chi connectivity index (χ1) is 8.63. The third-order valence-corrected chi connectivity index (χ3v) is 4.60. The van der Waals surface area contributed by atoms with Gasteiger partial charge in [0.2, 0.25) is 0 Å². The average Bonchev–Trinajstić information content (AvgIpc) is 2.74. The fourth-order valence-corrected chi connectivity index (χ4v) is 3.44. The van der Waals surface area contributed by atoms with Crippen LogP contribution in [0, 0.1) is 6.92 Å². The molecule has 0 bridgehead atoms. The topological polar surface area (TPSA) is 20.2 Å². The van der Waals surface area contributed by atoms with E-state index in [1.165, 1.54) is 16.0 Å². The fourth-order valence-electron chi connectivity index (χ4n) is 1.88. The summed E-state index contributed by atoms with van der Waals surface area (Å²) in [7, 11) is 0. The molecule has 0 aliphatic heterocycles. The summed E-state index contributed by atoms with van der Waals surface area (Å²) in [5, 5.41) is 10.0. The number of rotatable bonds is 5. The minimum Gasteiger partial charge on any atom is -0.393 e. The minimum absolute atomic E-state index is 0.253. The normalized spacial score (nSPS) is 12.6. The Hall–Kier alpha value is -0.640. The molecule has 1 aromatic carbocycles. The zero-order valence-electron chi connectivity index (χ0n) is 10.4. The maximum atomic E-state index is 10.0. The van der Waals surface area contributed by atoms with Gasteiger partial charge in [0, 0.05) is 11.3 Å². The largest absolute Gasteiger partial charge is 0.393 e. The molecule has 3 heteroatoms. The first kappa shape index (κ1) is 13.8. The van der Waals surface area contributed by atoms with Crippen LogP contribution in [0.5, 0.6) is 0 Å². The summed E-state index contributed by atoms with van der Waals surface area (Å²) in [6.45, 7) is 2.09. The van der Waals surface area contributed by atoms with Crippen molar-refractivity contribution < 1.29 is 5.11 Å². The van der Waals surface area contributed by atoms with Gasteiger partial charge in [-0.25, -0.2) is 0 Å². The molecule has 1 heterocycles. The monoisotopic (exact) mass is 324 g/mol. The molecule has 1 nitrogen and oxygen atoms in total. The molecule has 0 saturated carbocycles. The first-order valence-electron chi connectivity index (χ1n) is 6.11. The summed E-state index contributed by atoms with van der Waals surface area (Å²) in [5.74, 6) is 0. The third kappa shape index (κ3) is 4.23. The van der Waals surface area contributed by atoms with Crippen LogP contribution in [0.25, 0.3) is 0 Å². The van der Waals surface area contributed by atoms with Crippen molar-refractivity contribution in [1.29, 1.82) is 0 Å². The van der Waals surface area contributed by atoms with E-state index in [2.05, 4.69) is 53.2 Å². The van der Waals surface area contributed by atoms with Crippen LogP contribution >= 0.6 is 27.3 Å². The van der Waals surface area contributed by atoms with Crippen LogP contribution in [0.2, 0.25) is 0 Å². The van der Waals surface area contributed by atoms with E-state index in [-0.39, 0.29) is 6.10 Å². The zero-order chi connectivity index (χ0) is 13.0. The molecule has 18 heavy (non-hydrogen) atoms. The van der Waals surface area contributed by atoms with E-state index in [1.807, 2.05) is 6.07 Å². The number of benzene rings is 1. The summed E-state index contributed by atoms with van der Waals surface area (Å²) >= 11 is 5.14. The smallest absolute Gasteiger partial charge is 0.0701 e. The molecule has 0 saturated heterocycles. The summed E-state index contributed by atoms with van der Waals surface area (Å²) in [5.41, 5.74) is 2.58. The number of hydrogen-bond donors (Lipinski definition) is 1. The van der Waals surface area contributed by atoms with Crippen molar-refractivity contribution in [3.63, 3.8) is 0 Å². The highest BCUT2D eigenvalue weighted by Crippen LogP contribution is 2.23. The molecule has 0 spiro atoms. The van der Waals surface area contributed by atoms with Gasteiger partial charge in [-0.05, 0) is 53.4 Å². The Labute approximate surface area is 121 Å². The van der Waals surface area contributed by atoms with Crippen LogP contribution in [0.3, 0.4) is 0 Å². The lowest BCUT2D eigenvalue weighted by Crippen LogP contribution is -2.10. The molecule has 0 aliphatic rings. The SMILES string of the molecule is Cc1ccc(CCC(O)Cc2ccc(Br)s2)cc1. The Morgan fingerprint density at radius 1 is 1.17 bits per heavy atom. The van der Waals surface area contributed by atoms with Gasteiger partial charge in [-0.3, -0.25) is 0 Å². The first-order valence-corrected chi connectivity index (χ1v) is 7.72. The minimum atomic E-state index is -0.253. The van der Waals surface area contributed by atoms with Gasteiger partial charge in [-0.1, -0.05) is 29.8 Å². The second-order valence-electron chi connectivity index (χ2n) is 4.59. The average molecular weight is 325 g/mol. The lowest BCUT2D eigenvalue weighted by Gasteiger charge is -2.09. The number of aryl methyl sites for hydroxylation is 2. The standard InChI is InChI=1S/C15H17BrOS/c1-11-2-4-12(5-3-11)6-7-13(17)10-14-8-9-15(16)18-14/h2-5,8-9,13,17H,6-7,10H2,1H3. The molecule has 0 amide bonds. The second-order valence-corrected chi connectivity index (χ2v) is 7.14. The van der Waals surface area contributed by atoms with E-state index in [9.17, 15) is 5.11 Å². The van der Waals surface area contributed by atoms with E-state index in [4.69, 9.17) is 0 Å². The van der Waals surface area contributed by atoms with E-state index < -0.39 is 0 Å². The van der Waals surface area contributed by atoms with Gasteiger partial charge in [0.05, 0.1) is 9.89 Å². The van der Waals surface area contributed by atoms with Crippen LogP contribution in [0.4, 0.5) is 0 Å². The van der Waals surface area contributed by atoms with E-state index in [0.29, 0.717) is 0 Å². The van der Waals surface area contributed by atoms with Gasteiger partial charge in [0.1, 0.15) is 0 Å². The molecule has 1 atom stereocenters. The van der Waals surface area contributed by atoms with Crippen molar-refractivity contribution in [2.24, 2.45) is 0 Å². The number of aliphatic hydroxyl groups excluding tert-OH is 1. The Kier molecular flexibility index (Phi) is 4.98. The van der Waals surface area contributed by atoms with Crippen molar-refractivity contribution in [2.75, 3.05) is 0 Å². The molecule has 0 aliphatic carbocycles. The van der Waals surface area contributed by atoms with Gasteiger partial charge < -0.3 is 5.11 Å². The Balaban J connectivity index is 1.81. The van der Waals surface area contributed by atoms with E-state index >= 15 is 0 Å². The molecular formula is C15H17BrOS. The summed E-state index contributed by atoms with van der Waals surface area (Å²) in [6.07, 6.45) is 2.26. The molecule has 1 N–H and O–H groups in total. The molecule has 1 aromatic heterocycles. The van der Waals surface area contributed by atoms with Crippen LogP contribution in [-0.4, -0.2) is 11.2 Å². The van der Waals surface area contributed by atoms with Gasteiger partial charge in [0.25, 0.3) is 0 Å². The highest BCUT2D eigenvalue weighted by atomic mass is 79.9. The predicted octanol–water partition coefficient (Wildman–Crippen LogP) is 4.36. The van der Waals surface area contributed by atoms with Crippen LogP contribution in [0.1, 0.15) is 22.4 Å². The van der Waals surface area contributed by atoms with Crippen molar-refractivity contribution in [3.8, 4) is 0 Å². The number of aliphatic hydroxyl groups is 1. The van der Waals surface area contributed by atoms with Crippen LogP contribution < -0.4 is 0 Å². The van der Waals surface area contributed by atoms with Gasteiger partial charge in [0.15, 0.2) is 0 Å². The van der Waals surface area contributed by atoms with E-state index in [1.54, 1.807) is 11.3 Å². The van der Waals surface area contributed by atoms with Crippen molar-refractivity contribution in [1.82, 2.24) is 0 Å². The molecule has 0 radical (unpaired) electrons. The lowest BCUT2D eigenvalue weighted by molar-refractivity contribution is 0.166. The highest BCUT2D eigenvalue weighted by Gasteiger charge is 2.07. The number of thiophene rings is 1. The molecule has 96 valence electrons. The maximum Gasteiger partial charge on any atom is 0.0701 e. The van der Waals surface area contributed by atoms with Crippen molar-refractivity contribution >= 4 is 27.3 Å². The van der Waals surface area contributed by atoms with Crippen molar-refractivity contribution in [2.45, 2.75) is 32.3 Å². The van der Waals surface area contributed by atoms with Crippen LogP contribution in [0.15, 0.2) is 40.2 Å². The van der Waals surface area contributed by atoms with Gasteiger partial charge >= 0.3 is 0 Å². The van der Waals surface area contributed by atoms with E-state index in [0.717, 1.165) is 23.0 Å². The second kappa shape index (κ2) is 6.50. The van der Waals surface area contributed by atoms with Crippen LogP contribution in [-0.2, 0) is 12.8 Å². The molecular weight excluding hydrogens is 308 g/mol. The molecule has 0 fully saturated rings. The number of hydrogen-bond acceptors (Lipinski definition) is 2. The van der Waals surface area contributed by atoms with Gasteiger partial charge in [-0.2, -0.15) is 0 Å². The summed E-state index contributed by atoms with van der Waals surface area (Å²) in [4.78, 5) is 1.23. The van der Waals surface area contributed by atoms with Gasteiger partial charge in [-0.15, -0.1) is 11.3 Å². The Bertz CT molecular complexity index is 489. The molecule has 1 unspecified atom stereocenters. The maximum absolute atomic E-state index is 10.0. The van der Waals surface area contributed by atoms with Crippen molar-refractivity contribution in [3.05, 3.63) is 56.2 Å². The zero-order valence-corrected chi connectivity index (χ0v) is 12.8. The quantitative estimate of drug-likeness (QED) is 0.866. The molecule has 2 rings (SSSR count). The third-order valence-electron chi connectivity index (χ3n) is 2.95. The summed E-state index contributed by atoms with van der Waals surface area (Å²) in [6, 6.07) is 12.6. The molecule has 2 aromatic rings. The summed E-state index contributed by atoms with van der Waals surface area (Å²) < 4.78 is 1.13. The Morgan fingerprint density at radius 2 is 1.89 bits per heavy atom. The fraction of sp³-hybridized carbons (Fsp3) is 0.333. The Morgan fingerprint density at radius 3 is 2.50 bits per heavy atom. The highest BCUT2D eigenvalue weighted by molar-refractivity contribution is 9.11. The predicted molar refractivity (Wildman–Crippen MR) is 81.2 cm³/mol.